The highest BCUT2D eigenvalue weighted by Crippen LogP contribution is 2.25. The van der Waals surface area contributed by atoms with E-state index in [1.807, 2.05) is 43.9 Å². The van der Waals surface area contributed by atoms with E-state index in [1.54, 1.807) is 0 Å². The summed E-state index contributed by atoms with van der Waals surface area (Å²) in [4.78, 5) is 23.4. The zero-order chi connectivity index (χ0) is 18.1. The molecule has 0 saturated heterocycles. The first kappa shape index (κ1) is 19.9. The highest BCUT2D eigenvalue weighted by atomic mass is 16.2. The standard InChI is InChI=1S/C17H24N4O.C2H6/c1-4-8-21(9-5-2)17(22)14-10-13-7-6-12(3)19-16(13)20-15(18)11-14;1-2/h6-7,10H,4-5,8-9,11H2,1-3H3,(H2,18,19,20);1-2H3. The molecule has 0 radical (unpaired) electrons. The molecular formula is C19H30N4O. The molecule has 1 aromatic heterocycles. The van der Waals surface area contributed by atoms with Crippen molar-refractivity contribution in [3.8, 4) is 0 Å². The van der Waals surface area contributed by atoms with E-state index in [-0.39, 0.29) is 5.91 Å². The lowest BCUT2D eigenvalue weighted by molar-refractivity contribution is -0.127. The van der Waals surface area contributed by atoms with Crippen LogP contribution in [0.5, 0.6) is 0 Å². The summed E-state index contributed by atoms with van der Waals surface area (Å²) in [5.74, 6) is 1.08. The second kappa shape index (κ2) is 9.85. The molecule has 0 spiro atoms. The predicted molar refractivity (Wildman–Crippen MR) is 101 cm³/mol. The van der Waals surface area contributed by atoms with Gasteiger partial charge >= 0.3 is 0 Å². The third kappa shape index (κ3) is 5.18. The zero-order valence-electron chi connectivity index (χ0n) is 15.6. The Labute approximate surface area is 145 Å². The minimum atomic E-state index is 0.0512. The quantitative estimate of drug-likeness (QED) is 0.891. The normalized spacial score (nSPS) is 12.9. The Hall–Kier alpha value is -2.17. The monoisotopic (exact) mass is 330 g/mol. The molecule has 0 aromatic carbocycles. The summed E-state index contributed by atoms with van der Waals surface area (Å²) >= 11 is 0. The van der Waals surface area contributed by atoms with Gasteiger partial charge in [0, 0.05) is 36.3 Å². The number of aromatic nitrogens is 1. The van der Waals surface area contributed by atoms with Crippen LogP contribution in [0.15, 0.2) is 22.7 Å². The lowest BCUT2D eigenvalue weighted by Crippen LogP contribution is -2.34. The smallest absolute Gasteiger partial charge is 0.250 e. The highest BCUT2D eigenvalue weighted by molar-refractivity contribution is 6.05. The van der Waals surface area contributed by atoms with E-state index in [1.165, 1.54) is 0 Å². The molecule has 1 aliphatic rings. The Morgan fingerprint density at radius 3 is 2.42 bits per heavy atom. The van der Waals surface area contributed by atoms with Crippen LogP contribution in [0.4, 0.5) is 5.82 Å². The number of amidine groups is 1. The van der Waals surface area contributed by atoms with Crippen molar-refractivity contribution in [3.63, 3.8) is 0 Å². The predicted octanol–water partition coefficient (Wildman–Crippen LogP) is 3.84. The number of nitrogens with zero attached hydrogens (tertiary/aromatic N) is 3. The summed E-state index contributed by atoms with van der Waals surface area (Å²) in [6, 6.07) is 3.86. The van der Waals surface area contributed by atoms with Crippen LogP contribution in [0.3, 0.4) is 0 Å². The van der Waals surface area contributed by atoms with E-state index in [0.717, 1.165) is 37.2 Å². The van der Waals surface area contributed by atoms with Crippen molar-refractivity contribution >= 4 is 23.6 Å². The van der Waals surface area contributed by atoms with Crippen LogP contribution in [0.25, 0.3) is 6.08 Å². The Kier molecular flexibility index (Phi) is 8.16. The van der Waals surface area contributed by atoms with Crippen LogP contribution in [0.2, 0.25) is 0 Å². The molecule has 0 bridgehead atoms. The molecule has 0 saturated carbocycles. The number of amides is 1. The van der Waals surface area contributed by atoms with E-state index in [4.69, 9.17) is 5.73 Å². The molecule has 0 fully saturated rings. The minimum absolute atomic E-state index is 0.0512. The first-order valence-electron chi connectivity index (χ1n) is 8.85. The van der Waals surface area contributed by atoms with Crippen molar-refractivity contribution in [2.45, 2.75) is 53.9 Å². The fraction of sp³-hybridized carbons (Fsp3) is 0.526. The van der Waals surface area contributed by atoms with E-state index in [2.05, 4.69) is 23.8 Å². The van der Waals surface area contributed by atoms with E-state index >= 15 is 0 Å². The molecule has 2 N–H and O–H groups in total. The number of rotatable bonds is 5. The molecule has 2 rings (SSSR count). The first-order valence-corrected chi connectivity index (χ1v) is 8.85. The van der Waals surface area contributed by atoms with Crippen molar-refractivity contribution in [3.05, 3.63) is 29.0 Å². The number of pyridine rings is 1. The number of hydrogen-bond donors (Lipinski definition) is 1. The van der Waals surface area contributed by atoms with Gasteiger partial charge in [0.1, 0.15) is 5.84 Å². The van der Waals surface area contributed by atoms with Gasteiger partial charge in [-0.3, -0.25) is 4.79 Å². The van der Waals surface area contributed by atoms with Crippen LogP contribution >= 0.6 is 0 Å². The van der Waals surface area contributed by atoms with Gasteiger partial charge in [-0.1, -0.05) is 27.7 Å². The third-order valence-electron chi connectivity index (χ3n) is 3.54. The minimum Gasteiger partial charge on any atom is -0.387 e. The SMILES string of the molecule is CC.CCCN(CCC)C(=O)C1=Cc2ccc(C)nc2N=C(N)C1. The second-order valence-electron chi connectivity index (χ2n) is 5.61. The summed E-state index contributed by atoms with van der Waals surface area (Å²) in [6.45, 7) is 11.6. The van der Waals surface area contributed by atoms with Gasteiger partial charge in [0.2, 0.25) is 5.91 Å². The maximum absolute atomic E-state index is 12.8. The number of aryl methyl sites for hydroxylation is 1. The topological polar surface area (TPSA) is 71.6 Å². The van der Waals surface area contributed by atoms with Gasteiger partial charge in [-0.05, 0) is 38.0 Å². The van der Waals surface area contributed by atoms with Crippen LogP contribution in [-0.2, 0) is 4.79 Å². The van der Waals surface area contributed by atoms with Crippen molar-refractivity contribution in [1.82, 2.24) is 9.88 Å². The average molecular weight is 330 g/mol. The van der Waals surface area contributed by atoms with E-state index in [0.29, 0.717) is 23.6 Å². The molecule has 2 heterocycles. The van der Waals surface area contributed by atoms with Gasteiger partial charge in [-0.2, -0.15) is 0 Å². The molecule has 0 aliphatic carbocycles. The molecule has 1 aromatic rings. The van der Waals surface area contributed by atoms with E-state index in [9.17, 15) is 4.79 Å². The number of carbonyl (C=O) groups is 1. The lowest BCUT2D eigenvalue weighted by Gasteiger charge is -2.22. The molecular weight excluding hydrogens is 300 g/mol. The number of nitrogens with two attached hydrogens (primary N) is 1. The lowest BCUT2D eigenvalue weighted by atomic mass is 10.1. The molecule has 1 amide bonds. The van der Waals surface area contributed by atoms with Crippen LogP contribution in [0.1, 0.15) is 58.2 Å². The van der Waals surface area contributed by atoms with Gasteiger partial charge in [-0.15, -0.1) is 0 Å². The Morgan fingerprint density at radius 1 is 1.21 bits per heavy atom. The van der Waals surface area contributed by atoms with Crippen LogP contribution in [-0.4, -0.2) is 34.7 Å². The largest absolute Gasteiger partial charge is 0.387 e. The number of hydrogen-bond acceptors (Lipinski definition) is 4. The summed E-state index contributed by atoms with van der Waals surface area (Å²) < 4.78 is 0. The summed E-state index contributed by atoms with van der Waals surface area (Å²) in [7, 11) is 0. The molecule has 0 atom stereocenters. The maximum atomic E-state index is 12.8. The molecule has 1 aliphatic heterocycles. The molecule has 0 unspecified atom stereocenters. The van der Waals surface area contributed by atoms with Crippen LogP contribution in [0, 0.1) is 6.92 Å². The summed E-state index contributed by atoms with van der Waals surface area (Å²) in [5, 5.41) is 0. The summed E-state index contributed by atoms with van der Waals surface area (Å²) in [5.41, 5.74) is 8.40. The van der Waals surface area contributed by atoms with E-state index < -0.39 is 0 Å². The van der Waals surface area contributed by atoms with Crippen molar-refractivity contribution < 1.29 is 4.79 Å². The van der Waals surface area contributed by atoms with Gasteiger partial charge in [0.15, 0.2) is 5.82 Å². The molecule has 132 valence electrons. The summed E-state index contributed by atoms with van der Waals surface area (Å²) in [6.07, 6.45) is 4.14. The highest BCUT2D eigenvalue weighted by Gasteiger charge is 2.21. The molecule has 24 heavy (non-hydrogen) atoms. The number of fused-ring (bicyclic) bond motifs is 1. The number of aliphatic imine (C=N–C) groups is 1. The first-order chi connectivity index (χ1) is 11.5. The fourth-order valence-electron chi connectivity index (χ4n) is 2.56. The van der Waals surface area contributed by atoms with Crippen molar-refractivity contribution in [1.29, 1.82) is 0 Å². The molecule has 5 heteroatoms. The van der Waals surface area contributed by atoms with Crippen molar-refractivity contribution in [2.24, 2.45) is 10.7 Å². The molecule has 5 nitrogen and oxygen atoms in total. The van der Waals surface area contributed by atoms with Gasteiger partial charge in [0.05, 0.1) is 0 Å². The fourth-order valence-corrected chi connectivity index (χ4v) is 2.56. The number of carbonyl (C=O) groups excluding carboxylic acids is 1. The van der Waals surface area contributed by atoms with Crippen molar-refractivity contribution in [2.75, 3.05) is 13.1 Å². The Bertz CT molecular complexity index is 614. The van der Waals surface area contributed by atoms with Crippen LogP contribution < -0.4 is 5.73 Å². The Morgan fingerprint density at radius 2 is 1.83 bits per heavy atom. The van der Waals surface area contributed by atoms with Gasteiger partial charge in [-0.25, -0.2) is 9.98 Å². The van der Waals surface area contributed by atoms with Gasteiger partial charge < -0.3 is 10.6 Å². The zero-order valence-corrected chi connectivity index (χ0v) is 15.6. The Balaban J connectivity index is 0.00000139. The maximum Gasteiger partial charge on any atom is 0.250 e. The third-order valence-corrected chi connectivity index (χ3v) is 3.54. The second-order valence-corrected chi connectivity index (χ2v) is 5.61. The average Bonchev–Trinajstić information content (AvgIpc) is 2.73. The van der Waals surface area contributed by atoms with Gasteiger partial charge in [0.25, 0.3) is 0 Å².